The number of anilines is 2. The number of nitrogens with zero attached hydrogens (tertiary/aromatic N) is 3. The topological polar surface area (TPSA) is 40.6 Å². The number of pyridine rings is 1. The van der Waals surface area contributed by atoms with E-state index in [-0.39, 0.29) is 18.6 Å². The summed E-state index contributed by atoms with van der Waals surface area (Å²) in [6.45, 7) is 6.29. The van der Waals surface area contributed by atoms with Crippen molar-refractivity contribution in [3.63, 3.8) is 0 Å². The van der Waals surface area contributed by atoms with Gasteiger partial charge in [0, 0.05) is 37.3 Å². The lowest BCUT2D eigenvalue weighted by Gasteiger charge is -2.39. The maximum absolute atomic E-state index is 5.25. The molecule has 1 atom stereocenters. The lowest BCUT2D eigenvalue weighted by Crippen LogP contribution is -2.51. The lowest BCUT2D eigenvalue weighted by atomic mass is 10.2. The summed E-state index contributed by atoms with van der Waals surface area (Å²) in [5.74, 6) is 1.83. The largest absolute Gasteiger partial charge is 0.497 e. The van der Waals surface area contributed by atoms with E-state index >= 15 is 0 Å². The Bertz CT molecular complexity index is 894. The van der Waals surface area contributed by atoms with Crippen molar-refractivity contribution in [2.24, 2.45) is 0 Å². The molecule has 2 aromatic carbocycles. The highest BCUT2D eigenvalue weighted by molar-refractivity contribution is 5.85. The highest BCUT2D eigenvalue weighted by Gasteiger charge is 2.21. The SMILES string of the molecule is COc1ccc(N2CCN(C(C)Nc3ccc4ccccc4n3)CC2)cc1.Cl. The number of ether oxygens (including phenoxy) is 1. The van der Waals surface area contributed by atoms with Crippen LogP contribution in [0.15, 0.2) is 60.7 Å². The molecule has 6 heteroatoms. The number of fused-ring (bicyclic) bond motifs is 1. The van der Waals surface area contributed by atoms with Gasteiger partial charge in [-0.3, -0.25) is 4.90 Å². The molecule has 2 heterocycles. The quantitative estimate of drug-likeness (QED) is 0.695. The van der Waals surface area contributed by atoms with E-state index in [1.54, 1.807) is 7.11 Å². The lowest BCUT2D eigenvalue weighted by molar-refractivity contribution is 0.214. The van der Waals surface area contributed by atoms with Crippen molar-refractivity contribution >= 4 is 34.8 Å². The third-order valence-electron chi connectivity index (χ3n) is 5.25. The van der Waals surface area contributed by atoms with Crippen molar-refractivity contribution in [1.82, 2.24) is 9.88 Å². The van der Waals surface area contributed by atoms with Crippen LogP contribution in [0.1, 0.15) is 6.92 Å². The third-order valence-corrected chi connectivity index (χ3v) is 5.25. The van der Waals surface area contributed by atoms with Gasteiger partial charge in [-0.25, -0.2) is 4.98 Å². The normalized spacial score (nSPS) is 15.7. The van der Waals surface area contributed by atoms with Crippen molar-refractivity contribution in [3.05, 3.63) is 60.7 Å². The highest BCUT2D eigenvalue weighted by Crippen LogP contribution is 2.21. The van der Waals surface area contributed by atoms with E-state index in [0.29, 0.717) is 0 Å². The van der Waals surface area contributed by atoms with Gasteiger partial charge >= 0.3 is 0 Å². The summed E-state index contributed by atoms with van der Waals surface area (Å²) >= 11 is 0. The van der Waals surface area contributed by atoms with E-state index in [2.05, 4.69) is 58.4 Å². The number of piperazine rings is 1. The summed E-state index contributed by atoms with van der Waals surface area (Å²) in [5, 5.41) is 4.72. The number of nitrogens with one attached hydrogen (secondary N) is 1. The van der Waals surface area contributed by atoms with Gasteiger partial charge in [0.15, 0.2) is 0 Å². The van der Waals surface area contributed by atoms with Crippen LogP contribution in [0.2, 0.25) is 0 Å². The number of hydrogen-bond acceptors (Lipinski definition) is 5. The van der Waals surface area contributed by atoms with Gasteiger partial charge in [0.2, 0.25) is 0 Å². The number of rotatable bonds is 5. The second kappa shape index (κ2) is 9.13. The molecule has 5 nitrogen and oxygen atoms in total. The Labute approximate surface area is 172 Å². The van der Waals surface area contributed by atoms with E-state index in [4.69, 9.17) is 9.72 Å². The van der Waals surface area contributed by atoms with Gasteiger partial charge in [-0.05, 0) is 49.4 Å². The zero-order valence-corrected chi connectivity index (χ0v) is 17.2. The molecule has 0 radical (unpaired) electrons. The second-order valence-corrected chi connectivity index (χ2v) is 6.93. The van der Waals surface area contributed by atoms with Crippen LogP contribution in [0.3, 0.4) is 0 Å². The molecular formula is C22H27ClN4O. The minimum Gasteiger partial charge on any atom is -0.497 e. The highest BCUT2D eigenvalue weighted by atomic mass is 35.5. The van der Waals surface area contributed by atoms with Gasteiger partial charge in [-0.2, -0.15) is 0 Å². The molecule has 0 amide bonds. The second-order valence-electron chi connectivity index (χ2n) is 6.93. The molecule has 1 saturated heterocycles. The van der Waals surface area contributed by atoms with Crippen LogP contribution >= 0.6 is 12.4 Å². The Hall–Kier alpha value is -2.50. The summed E-state index contributed by atoms with van der Waals surface area (Å²) in [6.07, 6.45) is 0.247. The molecule has 4 rings (SSSR count). The minimum atomic E-state index is 0. The minimum absolute atomic E-state index is 0. The molecule has 0 bridgehead atoms. The molecule has 148 valence electrons. The molecule has 1 aliphatic heterocycles. The summed E-state index contributed by atoms with van der Waals surface area (Å²) in [6, 6.07) is 20.7. The van der Waals surface area contributed by atoms with Gasteiger partial charge in [-0.1, -0.05) is 18.2 Å². The van der Waals surface area contributed by atoms with Crippen LogP contribution in [-0.4, -0.2) is 49.3 Å². The molecule has 0 saturated carbocycles. The van der Waals surface area contributed by atoms with Crippen LogP contribution in [0, 0.1) is 0 Å². The fourth-order valence-corrected chi connectivity index (χ4v) is 3.61. The van der Waals surface area contributed by atoms with Crippen molar-refractivity contribution < 1.29 is 4.74 Å². The van der Waals surface area contributed by atoms with Gasteiger partial charge in [0.1, 0.15) is 11.6 Å². The smallest absolute Gasteiger partial charge is 0.127 e. The van der Waals surface area contributed by atoms with Crippen LogP contribution < -0.4 is 15.0 Å². The molecule has 1 N–H and O–H groups in total. The maximum Gasteiger partial charge on any atom is 0.127 e. The molecule has 1 aliphatic rings. The third kappa shape index (κ3) is 4.49. The van der Waals surface area contributed by atoms with E-state index in [9.17, 15) is 0 Å². The van der Waals surface area contributed by atoms with E-state index in [0.717, 1.165) is 43.3 Å². The van der Waals surface area contributed by atoms with Crippen molar-refractivity contribution in [3.8, 4) is 5.75 Å². The Balaban J connectivity index is 0.00000225. The molecule has 1 unspecified atom stereocenters. The van der Waals surface area contributed by atoms with Crippen molar-refractivity contribution in [2.75, 3.05) is 43.5 Å². The van der Waals surface area contributed by atoms with Crippen molar-refractivity contribution in [2.45, 2.75) is 13.1 Å². The number of methoxy groups -OCH3 is 1. The first-order valence-corrected chi connectivity index (χ1v) is 9.48. The van der Waals surface area contributed by atoms with Gasteiger partial charge in [0.25, 0.3) is 0 Å². The van der Waals surface area contributed by atoms with Gasteiger partial charge in [0.05, 0.1) is 18.8 Å². The van der Waals surface area contributed by atoms with Crippen LogP contribution in [-0.2, 0) is 0 Å². The van der Waals surface area contributed by atoms with Crippen LogP contribution in [0.4, 0.5) is 11.5 Å². The monoisotopic (exact) mass is 398 g/mol. The summed E-state index contributed by atoms with van der Waals surface area (Å²) < 4.78 is 5.25. The van der Waals surface area contributed by atoms with E-state index in [1.807, 2.05) is 24.3 Å². The Morgan fingerprint density at radius 2 is 1.64 bits per heavy atom. The first-order valence-electron chi connectivity index (χ1n) is 9.48. The van der Waals surface area contributed by atoms with Gasteiger partial charge in [-0.15, -0.1) is 12.4 Å². The number of aromatic nitrogens is 1. The molecule has 1 aromatic heterocycles. The average molecular weight is 399 g/mol. The number of para-hydroxylation sites is 1. The molecule has 0 spiro atoms. The molecule has 28 heavy (non-hydrogen) atoms. The number of halogens is 1. The molecular weight excluding hydrogens is 372 g/mol. The van der Waals surface area contributed by atoms with E-state index < -0.39 is 0 Å². The standard InChI is InChI=1S/C22H26N4O.ClH/c1-17(23-22-12-7-18-5-3-4-6-21(18)24-22)25-13-15-26(16-14-25)19-8-10-20(27-2)11-9-19;/h3-12,17H,13-16H2,1-2H3,(H,23,24);1H. The summed E-state index contributed by atoms with van der Waals surface area (Å²) in [7, 11) is 1.70. The first kappa shape index (κ1) is 20.2. The zero-order chi connectivity index (χ0) is 18.6. The Kier molecular flexibility index (Phi) is 6.60. The first-order chi connectivity index (χ1) is 13.2. The summed E-state index contributed by atoms with van der Waals surface area (Å²) in [4.78, 5) is 9.63. The maximum atomic E-state index is 5.25. The predicted octanol–water partition coefficient (Wildman–Crippen LogP) is 4.25. The van der Waals surface area contributed by atoms with E-state index in [1.165, 1.54) is 11.1 Å². The number of hydrogen-bond donors (Lipinski definition) is 1. The fourth-order valence-electron chi connectivity index (χ4n) is 3.61. The van der Waals surface area contributed by atoms with Crippen LogP contribution in [0.25, 0.3) is 10.9 Å². The Morgan fingerprint density at radius 1 is 0.929 bits per heavy atom. The molecule has 3 aromatic rings. The number of benzene rings is 2. The average Bonchev–Trinajstić information content (AvgIpc) is 2.74. The van der Waals surface area contributed by atoms with Crippen LogP contribution in [0.5, 0.6) is 5.75 Å². The van der Waals surface area contributed by atoms with Crippen molar-refractivity contribution in [1.29, 1.82) is 0 Å². The fraction of sp³-hybridized carbons (Fsp3) is 0.318. The predicted molar refractivity (Wildman–Crippen MR) is 119 cm³/mol. The Morgan fingerprint density at radius 3 is 2.36 bits per heavy atom. The molecule has 1 fully saturated rings. The zero-order valence-electron chi connectivity index (χ0n) is 16.3. The van der Waals surface area contributed by atoms with Gasteiger partial charge < -0.3 is 15.0 Å². The molecule has 0 aliphatic carbocycles. The summed E-state index contributed by atoms with van der Waals surface area (Å²) in [5.41, 5.74) is 2.28.